The van der Waals surface area contributed by atoms with Crippen molar-refractivity contribution in [1.82, 2.24) is 15.0 Å². The van der Waals surface area contributed by atoms with Crippen molar-refractivity contribution in [2.75, 3.05) is 6.54 Å². The van der Waals surface area contributed by atoms with Crippen molar-refractivity contribution in [3.8, 4) is 0 Å². The number of amides is 4. The van der Waals surface area contributed by atoms with Gasteiger partial charge < -0.3 is 9.74 Å². The Morgan fingerprint density at radius 3 is 2.34 bits per heavy atom. The number of hydrogen-bond acceptors (Lipinski definition) is 6. The summed E-state index contributed by atoms with van der Waals surface area (Å²) in [6.45, 7) is 0.594. The fourth-order valence-electron chi connectivity index (χ4n) is 5.88. The standard InChI is InChI=1S/C23H23N3O6/c27-20-18-14-6-7-15(10-14)19(18)21(28)26(20)32-22(29)17-9-8-16-11-24(17)23(30)25(16)31-12-13-4-2-1-3-5-13/h1-7,14-19H,8-12H2/t14-,15+,16-,17+,18+,19?/m1/s1. The van der Waals surface area contributed by atoms with Gasteiger partial charge in [0.1, 0.15) is 12.6 Å². The number of hydrogen-bond donors (Lipinski definition) is 0. The van der Waals surface area contributed by atoms with E-state index in [1.807, 2.05) is 42.5 Å². The number of allylic oxidation sites excluding steroid dienone is 2. The minimum Gasteiger partial charge on any atom is -0.328 e. The number of benzene rings is 1. The quantitative estimate of drug-likeness (QED) is 0.513. The molecule has 3 aliphatic heterocycles. The van der Waals surface area contributed by atoms with E-state index in [0.717, 1.165) is 12.0 Å². The predicted molar refractivity (Wildman–Crippen MR) is 108 cm³/mol. The molecule has 0 aromatic heterocycles. The number of carbonyl (C=O) groups is 4. The number of urea groups is 1. The van der Waals surface area contributed by atoms with Gasteiger partial charge in [0, 0.05) is 6.54 Å². The van der Waals surface area contributed by atoms with Gasteiger partial charge in [-0.05, 0) is 36.7 Å². The number of carbonyl (C=O) groups excluding carboxylic acids is 4. The first kappa shape index (κ1) is 19.5. The maximum atomic E-state index is 12.9. The van der Waals surface area contributed by atoms with Crippen LogP contribution < -0.4 is 0 Å². The minimum atomic E-state index is -0.847. The number of rotatable bonds is 5. The molecule has 166 valence electrons. The van der Waals surface area contributed by atoms with Gasteiger partial charge in [-0.2, -0.15) is 5.06 Å². The zero-order chi connectivity index (χ0) is 22.0. The second-order valence-corrected chi connectivity index (χ2v) is 9.15. The molecular weight excluding hydrogens is 414 g/mol. The normalized spacial score (nSPS) is 34.6. The molecule has 32 heavy (non-hydrogen) atoms. The largest absolute Gasteiger partial charge is 0.355 e. The van der Waals surface area contributed by atoms with Crippen LogP contribution in [-0.2, 0) is 30.7 Å². The van der Waals surface area contributed by atoms with Crippen LogP contribution in [0, 0.1) is 23.7 Å². The molecule has 0 spiro atoms. The lowest BCUT2D eigenvalue weighted by molar-refractivity contribution is -0.202. The Morgan fingerprint density at radius 2 is 1.66 bits per heavy atom. The highest BCUT2D eigenvalue weighted by atomic mass is 16.7. The van der Waals surface area contributed by atoms with E-state index in [-0.39, 0.29) is 24.5 Å². The Kier molecular flexibility index (Phi) is 4.36. The van der Waals surface area contributed by atoms with E-state index < -0.39 is 41.7 Å². The van der Waals surface area contributed by atoms with E-state index in [4.69, 9.17) is 9.68 Å². The maximum absolute atomic E-state index is 12.9. The van der Waals surface area contributed by atoms with Crippen molar-refractivity contribution in [1.29, 1.82) is 0 Å². The summed E-state index contributed by atoms with van der Waals surface area (Å²) < 4.78 is 0. The van der Waals surface area contributed by atoms with Crippen LogP contribution in [-0.4, -0.2) is 57.5 Å². The summed E-state index contributed by atoms with van der Waals surface area (Å²) in [4.78, 5) is 63.9. The summed E-state index contributed by atoms with van der Waals surface area (Å²) in [5.41, 5.74) is 0.938. The Morgan fingerprint density at radius 1 is 0.969 bits per heavy atom. The number of piperidine rings is 1. The molecule has 5 aliphatic rings. The lowest BCUT2D eigenvalue weighted by Crippen LogP contribution is -2.48. The van der Waals surface area contributed by atoms with Gasteiger partial charge in [0.25, 0.3) is 11.8 Å². The minimum absolute atomic E-state index is 0.0380. The first-order valence-corrected chi connectivity index (χ1v) is 11.1. The number of hydroxylamine groups is 4. The van der Waals surface area contributed by atoms with Crippen molar-refractivity contribution in [2.24, 2.45) is 23.7 Å². The number of fused-ring (bicyclic) bond motifs is 7. The molecule has 1 aromatic carbocycles. The van der Waals surface area contributed by atoms with Crippen LogP contribution in [0.4, 0.5) is 4.79 Å². The van der Waals surface area contributed by atoms with Crippen LogP contribution in [0.1, 0.15) is 24.8 Å². The molecule has 4 bridgehead atoms. The van der Waals surface area contributed by atoms with Gasteiger partial charge in [0.15, 0.2) is 0 Å². The predicted octanol–water partition coefficient (Wildman–Crippen LogP) is 1.65. The molecule has 6 rings (SSSR count). The summed E-state index contributed by atoms with van der Waals surface area (Å²) in [5, 5.41) is 1.99. The molecule has 9 nitrogen and oxygen atoms in total. The molecule has 0 radical (unpaired) electrons. The molecule has 4 amide bonds. The van der Waals surface area contributed by atoms with Crippen molar-refractivity contribution < 1.29 is 28.9 Å². The average molecular weight is 437 g/mol. The SMILES string of the molecule is O=C(ON1C(=O)C2[C@@H](C1=O)[C@@H]1C=C[C@H]2C1)[C@@H]1CC[C@@H]2CN1C(=O)N2OCc1ccccc1. The third-order valence-electron chi connectivity index (χ3n) is 7.42. The van der Waals surface area contributed by atoms with Crippen molar-refractivity contribution in [3.63, 3.8) is 0 Å². The van der Waals surface area contributed by atoms with Crippen LogP contribution in [0.5, 0.6) is 0 Å². The maximum Gasteiger partial charge on any atom is 0.355 e. The summed E-state index contributed by atoms with van der Waals surface area (Å²) in [6, 6.07) is 8.13. The number of imide groups is 1. The van der Waals surface area contributed by atoms with Crippen LogP contribution in [0.15, 0.2) is 42.5 Å². The van der Waals surface area contributed by atoms with Gasteiger partial charge in [-0.15, -0.1) is 5.06 Å². The molecule has 9 heteroatoms. The van der Waals surface area contributed by atoms with Crippen LogP contribution in [0.3, 0.4) is 0 Å². The molecule has 4 fully saturated rings. The van der Waals surface area contributed by atoms with Crippen molar-refractivity contribution >= 4 is 23.8 Å². The van der Waals surface area contributed by atoms with Gasteiger partial charge in [-0.25, -0.2) is 9.59 Å². The lowest BCUT2D eigenvalue weighted by atomic mass is 9.85. The van der Waals surface area contributed by atoms with Crippen LogP contribution >= 0.6 is 0 Å². The lowest BCUT2D eigenvalue weighted by Gasteiger charge is -2.29. The molecule has 3 saturated heterocycles. The summed E-state index contributed by atoms with van der Waals surface area (Å²) in [6.07, 6.45) is 5.72. The van der Waals surface area contributed by atoms with Gasteiger partial charge in [0.2, 0.25) is 0 Å². The van der Waals surface area contributed by atoms with E-state index in [9.17, 15) is 19.2 Å². The van der Waals surface area contributed by atoms with Crippen molar-refractivity contribution in [3.05, 3.63) is 48.0 Å². The van der Waals surface area contributed by atoms with Crippen LogP contribution in [0.25, 0.3) is 0 Å². The highest BCUT2D eigenvalue weighted by molar-refractivity contribution is 6.06. The Hall–Kier alpha value is -3.20. The third kappa shape index (κ3) is 2.80. The second kappa shape index (κ2) is 7.16. The van der Waals surface area contributed by atoms with Crippen LogP contribution in [0.2, 0.25) is 0 Å². The summed E-state index contributed by atoms with van der Waals surface area (Å²) >= 11 is 0. The van der Waals surface area contributed by atoms with E-state index in [1.54, 1.807) is 0 Å². The van der Waals surface area contributed by atoms with E-state index >= 15 is 0 Å². The third-order valence-corrected chi connectivity index (χ3v) is 7.42. The highest BCUT2D eigenvalue weighted by Gasteiger charge is 2.61. The zero-order valence-corrected chi connectivity index (χ0v) is 17.3. The molecule has 2 aliphatic carbocycles. The van der Waals surface area contributed by atoms with Gasteiger partial charge in [-0.3, -0.25) is 14.4 Å². The van der Waals surface area contributed by atoms with E-state index in [0.29, 0.717) is 24.4 Å². The summed E-state index contributed by atoms with van der Waals surface area (Å²) in [7, 11) is 0. The Bertz CT molecular complexity index is 996. The second-order valence-electron chi connectivity index (χ2n) is 9.15. The fourth-order valence-corrected chi connectivity index (χ4v) is 5.88. The van der Waals surface area contributed by atoms with Gasteiger partial charge in [0.05, 0.1) is 17.9 Å². The smallest absolute Gasteiger partial charge is 0.328 e. The molecule has 3 heterocycles. The Labute approximate surface area is 184 Å². The number of nitrogens with zero attached hydrogens (tertiary/aromatic N) is 3. The molecule has 1 aromatic rings. The van der Waals surface area contributed by atoms with Gasteiger partial charge in [-0.1, -0.05) is 42.5 Å². The zero-order valence-electron chi connectivity index (χ0n) is 17.3. The first-order valence-electron chi connectivity index (χ1n) is 11.1. The van der Waals surface area contributed by atoms with Gasteiger partial charge >= 0.3 is 12.0 Å². The molecule has 6 atom stereocenters. The topological polar surface area (TPSA) is 96.5 Å². The molecule has 0 N–H and O–H groups in total. The average Bonchev–Trinajstić information content (AvgIpc) is 3.54. The van der Waals surface area contributed by atoms with Crippen molar-refractivity contribution in [2.45, 2.75) is 38.0 Å². The first-order chi connectivity index (χ1) is 15.5. The van der Waals surface area contributed by atoms with E-state index in [2.05, 4.69) is 0 Å². The molecular formula is C23H23N3O6. The highest BCUT2D eigenvalue weighted by Crippen LogP contribution is 2.52. The summed E-state index contributed by atoms with van der Waals surface area (Å²) in [5.74, 6) is -2.43. The van der Waals surface area contributed by atoms with E-state index in [1.165, 1.54) is 9.96 Å². The molecule has 1 unspecified atom stereocenters. The Balaban J connectivity index is 1.11. The fraction of sp³-hybridized carbons (Fsp3) is 0.478. The monoisotopic (exact) mass is 437 g/mol. The molecule has 1 saturated carbocycles.